The molecule has 7 heteroatoms. The number of esters is 1. The molecule has 0 spiro atoms. The van der Waals surface area contributed by atoms with Crippen LogP contribution in [0.4, 0.5) is 0 Å². The second kappa shape index (κ2) is 7.72. The number of fused-ring (bicyclic) bond motifs is 1. The topological polar surface area (TPSA) is 43.1 Å². The van der Waals surface area contributed by atoms with Crippen LogP contribution in [0.3, 0.4) is 0 Å². The number of para-hydroxylation sites is 1. The number of benzene rings is 1. The molecule has 4 rings (SSSR count). The third kappa shape index (κ3) is 3.58. The molecule has 136 valence electrons. The van der Waals surface area contributed by atoms with Crippen LogP contribution in [-0.4, -0.2) is 18.1 Å². The van der Waals surface area contributed by atoms with Gasteiger partial charge < -0.3 is 4.74 Å². The predicted molar refractivity (Wildman–Crippen MR) is 113 cm³/mol. The van der Waals surface area contributed by atoms with Gasteiger partial charge in [-0.05, 0) is 31.2 Å². The molecule has 0 bridgehead atoms. The Labute approximate surface area is 169 Å². The summed E-state index contributed by atoms with van der Waals surface area (Å²) >= 11 is 4.81. The van der Waals surface area contributed by atoms with Crippen LogP contribution in [0.2, 0.25) is 0 Å². The zero-order valence-corrected chi connectivity index (χ0v) is 17.3. The molecule has 0 saturated carbocycles. The quantitative estimate of drug-likeness (QED) is 0.327. The summed E-state index contributed by atoms with van der Waals surface area (Å²) in [4.78, 5) is 18.8. The summed E-state index contributed by atoms with van der Waals surface area (Å²) in [7, 11) is 1.39. The number of hydrogen-bond acceptors (Lipinski definition) is 6. The average molecular weight is 414 g/mol. The maximum atomic E-state index is 11.6. The molecule has 0 N–H and O–H groups in total. The molecule has 4 aromatic rings. The minimum absolute atomic E-state index is 0.309. The fraction of sp³-hybridized carbons (Fsp3) is 0.150. The van der Waals surface area contributed by atoms with E-state index in [2.05, 4.69) is 52.9 Å². The van der Waals surface area contributed by atoms with Gasteiger partial charge in [0.2, 0.25) is 5.52 Å². The number of nitrogens with zero attached hydrogens (tertiary/aromatic N) is 2. The molecule has 0 unspecified atom stereocenters. The van der Waals surface area contributed by atoms with Crippen LogP contribution >= 0.6 is 34.0 Å². The van der Waals surface area contributed by atoms with Crippen molar-refractivity contribution < 1.29 is 14.1 Å². The van der Waals surface area contributed by atoms with Gasteiger partial charge in [0.05, 0.1) is 12.0 Å². The van der Waals surface area contributed by atoms with Crippen LogP contribution in [0.5, 0.6) is 0 Å². The minimum Gasteiger partial charge on any atom is -0.465 e. The number of methoxy groups -OCH3 is 1. The molecule has 0 aliphatic carbocycles. The largest absolute Gasteiger partial charge is 0.465 e. The Balaban J connectivity index is 1.59. The smallest absolute Gasteiger partial charge is 0.348 e. The Hall–Kier alpha value is -2.35. The first-order chi connectivity index (χ1) is 13.2. The highest BCUT2D eigenvalue weighted by Crippen LogP contribution is 2.32. The van der Waals surface area contributed by atoms with Gasteiger partial charge in [0.25, 0.3) is 5.01 Å². The van der Waals surface area contributed by atoms with Crippen LogP contribution in [0.15, 0.2) is 42.6 Å². The van der Waals surface area contributed by atoms with Crippen LogP contribution < -0.4 is 4.57 Å². The second-order valence-corrected chi connectivity index (χ2v) is 8.92. The summed E-state index contributed by atoms with van der Waals surface area (Å²) in [6, 6.07) is 12.2. The zero-order chi connectivity index (χ0) is 18.8. The van der Waals surface area contributed by atoms with Gasteiger partial charge in [-0.3, -0.25) is 0 Å². The van der Waals surface area contributed by atoms with Gasteiger partial charge in [-0.25, -0.2) is 9.78 Å². The van der Waals surface area contributed by atoms with E-state index in [-0.39, 0.29) is 5.97 Å². The van der Waals surface area contributed by atoms with Crippen molar-refractivity contribution in [3.63, 3.8) is 0 Å². The third-order valence-corrected chi connectivity index (χ3v) is 7.40. The van der Waals surface area contributed by atoms with E-state index in [4.69, 9.17) is 4.74 Å². The van der Waals surface area contributed by atoms with E-state index in [1.807, 2.05) is 12.3 Å². The number of thiazole rings is 2. The zero-order valence-electron chi connectivity index (χ0n) is 14.8. The lowest BCUT2D eigenvalue weighted by atomic mass is 10.3. The average Bonchev–Trinajstić information content (AvgIpc) is 3.42. The summed E-state index contributed by atoms with van der Waals surface area (Å²) < 4.78 is 8.38. The molecular formula is C20H17N2O2S3+. The third-order valence-electron chi connectivity index (χ3n) is 4.07. The normalized spacial score (nSPS) is 11.5. The summed E-state index contributed by atoms with van der Waals surface area (Å²) in [5, 5.41) is 2.13. The predicted octanol–water partition coefficient (Wildman–Crippen LogP) is 5.35. The van der Waals surface area contributed by atoms with Crippen LogP contribution in [0.25, 0.3) is 32.3 Å². The fourth-order valence-corrected chi connectivity index (χ4v) is 5.73. The number of aryl methyl sites for hydroxylation is 1. The molecule has 4 nitrogen and oxygen atoms in total. The van der Waals surface area contributed by atoms with Crippen molar-refractivity contribution in [2.75, 3.05) is 7.11 Å². The molecule has 0 amide bonds. The summed E-state index contributed by atoms with van der Waals surface area (Å²) in [6.07, 6.45) is 6.13. The maximum Gasteiger partial charge on any atom is 0.348 e. The highest BCUT2D eigenvalue weighted by atomic mass is 32.1. The number of carbonyl (C=O) groups excluding carboxylic acids is 1. The lowest BCUT2D eigenvalue weighted by Gasteiger charge is -1.92. The van der Waals surface area contributed by atoms with E-state index in [0.29, 0.717) is 4.88 Å². The van der Waals surface area contributed by atoms with Crippen molar-refractivity contribution in [2.24, 2.45) is 0 Å². The summed E-state index contributed by atoms with van der Waals surface area (Å²) in [5.41, 5.74) is 1.27. The van der Waals surface area contributed by atoms with Crippen molar-refractivity contribution in [2.45, 2.75) is 13.5 Å². The maximum absolute atomic E-state index is 11.6. The van der Waals surface area contributed by atoms with Crippen molar-refractivity contribution in [3.8, 4) is 9.88 Å². The molecule has 3 heterocycles. The number of aromatic nitrogens is 2. The monoisotopic (exact) mass is 413 g/mol. The highest BCUT2D eigenvalue weighted by molar-refractivity contribution is 7.23. The number of thiophene rings is 1. The summed E-state index contributed by atoms with van der Waals surface area (Å²) in [6.45, 7) is 3.10. The van der Waals surface area contributed by atoms with Gasteiger partial charge in [0, 0.05) is 23.2 Å². The lowest BCUT2D eigenvalue weighted by molar-refractivity contribution is -0.665. The van der Waals surface area contributed by atoms with Crippen LogP contribution in [0.1, 0.15) is 26.5 Å². The van der Waals surface area contributed by atoms with Gasteiger partial charge in [-0.1, -0.05) is 23.5 Å². The molecular weight excluding hydrogens is 396 g/mol. The molecule has 0 aliphatic rings. The SMILES string of the molecule is CC[n+]1c(/C=C/c2cnc(-c3ccc(C(=O)OC)s3)s2)sc2ccccc21. The molecule has 0 atom stereocenters. The highest BCUT2D eigenvalue weighted by Gasteiger charge is 2.16. The number of ether oxygens (including phenoxy) is 1. The number of carbonyl (C=O) groups is 1. The first-order valence-corrected chi connectivity index (χ1v) is 10.9. The Morgan fingerprint density at radius 1 is 1.15 bits per heavy atom. The number of hydrogen-bond donors (Lipinski definition) is 0. The van der Waals surface area contributed by atoms with E-state index in [0.717, 1.165) is 21.3 Å². The standard InChI is InChI=1S/C20H17N2O2S3/c1-3-22-14-6-4-5-7-15(14)27-18(22)11-8-13-12-21-19(25-13)16-9-10-17(26-16)20(23)24-2/h4-12H,3H2,1-2H3/q+1. The number of rotatable bonds is 5. The van der Waals surface area contributed by atoms with Crippen molar-refractivity contribution >= 4 is 62.3 Å². The van der Waals surface area contributed by atoms with E-state index in [1.54, 1.807) is 28.7 Å². The first kappa shape index (κ1) is 18.0. The minimum atomic E-state index is -0.309. The Kier molecular flexibility index (Phi) is 5.15. The molecule has 0 radical (unpaired) electrons. The van der Waals surface area contributed by atoms with Crippen molar-refractivity contribution in [3.05, 3.63) is 57.4 Å². The van der Waals surface area contributed by atoms with Gasteiger partial charge >= 0.3 is 5.97 Å². The van der Waals surface area contributed by atoms with Gasteiger partial charge in [0.15, 0.2) is 0 Å². The van der Waals surface area contributed by atoms with E-state index >= 15 is 0 Å². The van der Waals surface area contributed by atoms with Gasteiger partial charge in [-0.2, -0.15) is 4.57 Å². The lowest BCUT2D eigenvalue weighted by Crippen LogP contribution is -2.33. The Morgan fingerprint density at radius 2 is 2.00 bits per heavy atom. The molecule has 27 heavy (non-hydrogen) atoms. The van der Waals surface area contributed by atoms with E-state index in [9.17, 15) is 4.79 Å². The molecule has 0 fully saturated rings. The van der Waals surface area contributed by atoms with Gasteiger partial charge in [0.1, 0.15) is 21.1 Å². The van der Waals surface area contributed by atoms with Crippen LogP contribution in [-0.2, 0) is 11.3 Å². The molecule has 1 aromatic carbocycles. The molecule has 0 aliphatic heterocycles. The first-order valence-electron chi connectivity index (χ1n) is 8.43. The summed E-state index contributed by atoms with van der Waals surface area (Å²) in [5.74, 6) is -0.309. The van der Waals surface area contributed by atoms with Gasteiger partial charge in [-0.15, -0.1) is 22.7 Å². The van der Waals surface area contributed by atoms with Crippen molar-refractivity contribution in [1.82, 2.24) is 4.98 Å². The van der Waals surface area contributed by atoms with Crippen molar-refractivity contribution in [1.29, 1.82) is 0 Å². The van der Waals surface area contributed by atoms with Crippen LogP contribution in [0, 0.1) is 0 Å². The van der Waals surface area contributed by atoms with E-state index in [1.165, 1.54) is 33.7 Å². The molecule has 3 aromatic heterocycles. The Morgan fingerprint density at radius 3 is 2.81 bits per heavy atom. The second-order valence-electron chi connectivity index (χ2n) is 5.71. The fourth-order valence-electron chi connectivity index (χ4n) is 2.80. The Bertz CT molecular complexity index is 1140. The molecule has 0 saturated heterocycles. The van der Waals surface area contributed by atoms with E-state index < -0.39 is 0 Å².